The lowest BCUT2D eigenvalue weighted by atomic mass is 10.0. The van der Waals surface area contributed by atoms with Crippen LogP contribution in [-0.2, 0) is 0 Å². The molecule has 0 aromatic carbocycles. The third kappa shape index (κ3) is 15.8. The van der Waals surface area contributed by atoms with Crippen molar-refractivity contribution < 1.29 is 0 Å². The predicted molar refractivity (Wildman–Crippen MR) is 150 cm³/mol. The number of nitrogens with zero attached hydrogens (tertiary/aromatic N) is 2. The van der Waals surface area contributed by atoms with Crippen LogP contribution in [0.15, 0.2) is 12.4 Å². The summed E-state index contributed by atoms with van der Waals surface area (Å²) in [5, 5.41) is 0. The molecule has 0 spiro atoms. The molecule has 0 aliphatic carbocycles. The van der Waals surface area contributed by atoms with Crippen LogP contribution in [0.2, 0.25) is 0 Å². The molecule has 0 aromatic heterocycles. The van der Waals surface area contributed by atoms with Gasteiger partial charge in [-0.3, -0.25) is 0 Å². The molecule has 1 atom stereocenters. The second kappa shape index (κ2) is 21.8. The monoisotopic (exact) mass is 462 g/mol. The largest absolute Gasteiger partial charge is 0.356 e. The Bertz CT molecular complexity index is 431. The first kappa shape index (κ1) is 30.4. The molecule has 0 radical (unpaired) electrons. The lowest BCUT2D eigenvalue weighted by Crippen LogP contribution is -2.42. The summed E-state index contributed by atoms with van der Waals surface area (Å²) in [5.74, 6) is 0. The first-order valence-corrected chi connectivity index (χ1v) is 15.4. The summed E-state index contributed by atoms with van der Waals surface area (Å²) >= 11 is 0. The molecule has 2 heteroatoms. The molecule has 0 N–H and O–H groups in total. The van der Waals surface area contributed by atoms with Crippen LogP contribution in [0.4, 0.5) is 0 Å². The van der Waals surface area contributed by atoms with Gasteiger partial charge in [-0.2, -0.15) is 0 Å². The van der Waals surface area contributed by atoms with Crippen molar-refractivity contribution in [3.63, 3.8) is 0 Å². The molecule has 0 saturated carbocycles. The SMILES string of the molecule is CCCCCCCCCCCCCCCCCCN1C=CN(C(C)C)C1CCCCCCC. The summed E-state index contributed by atoms with van der Waals surface area (Å²) in [6.45, 7) is 10.5. The van der Waals surface area contributed by atoms with E-state index in [-0.39, 0.29) is 0 Å². The maximum Gasteiger partial charge on any atom is 0.101 e. The van der Waals surface area contributed by atoms with Gasteiger partial charge in [-0.15, -0.1) is 0 Å². The van der Waals surface area contributed by atoms with Crippen LogP contribution >= 0.6 is 0 Å². The molecule has 0 bridgehead atoms. The average molecular weight is 463 g/mol. The van der Waals surface area contributed by atoms with Crippen LogP contribution in [-0.4, -0.2) is 28.6 Å². The Kier molecular flexibility index (Phi) is 20.1. The molecule has 2 nitrogen and oxygen atoms in total. The molecule has 0 aromatic rings. The van der Waals surface area contributed by atoms with E-state index in [1.54, 1.807) is 0 Å². The van der Waals surface area contributed by atoms with Crippen molar-refractivity contribution in [2.24, 2.45) is 0 Å². The van der Waals surface area contributed by atoms with E-state index in [0.717, 1.165) is 0 Å². The van der Waals surface area contributed by atoms with E-state index in [1.165, 1.54) is 148 Å². The Balaban J connectivity index is 1.97. The van der Waals surface area contributed by atoms with Gasteiger partial charge in [0, 0.05) is 25.0 Å². The van der Waals surface area contributed by atoms with E-state index in [2.05, 4.69) is 49.9 Å². The lowest BCUT2D eigenvalue weighted by molar-refractivity contribution is 0.114. The molecule has 0 amide bonds. The summed E-state index contributed by atoms with van der Waals surface area (Å²) in [6, 6.07) is 0.609. The van der Waals surface area contributed by atoms with Gasteiger partial charge in [0.05, 0.1) is 0 Å². The van der Waals surface area contributed by atoms with E-state index in [0.29, 0.717) is 12.2 Å². The van der Waals surface area contributed by atoms with Crippen molar-refractivity contribution in [1.29, 1.82) is 0 Å². The molecule has 0 fully saturated rings. The fourth-order valence-corrected chi connectivity index (χ4v) is 5.36. The molecule has 1 aliphatic rings. The Labute approximate surface area is 210 Å². The van der Waals surface area contributed by atoms with Crippen LogP contribution in [0.25, 0.3) is 0 Å². The number of unbranched alkanes of at least 4 members (excludes halogenated alkanes) is 19. The van der Waals surface area contributed by atoms with Crippen LogP contribution in [0.1, 0.15) is 169 Å². The third-order valence-electron chi connectivity index (χ3n) is 7.59. The fourth-order valence-electron chi connectivity index (χ4n) is 5.36. The summed E-state index contributed by atoms with van der Waals surface area (Å²) in [4.78, 5) is 5.23. The minimum atomic E-state index is 0.609. The van der Waals surface area contributed by atoms with Crippen molar-refractivity contribution in [3.8, 4) is 0 Å². The molecular weight excluding hydrogens is 400 g/mol. The van der Waals surface area contributed by atoms with E-state index < -0.39 is 0 Å². The molecule has 33 heavy (non-hydrogen) atoms. The number of hydrogen-bond acceptors (Lipinski definition) is 2. The summed E-state index contributed by atoms with van der Waals surface area (Å²) in [6.07, 6.45) is 36.8. The standard InChI is InChI=1S/C31H62N2/c1-5-7-9-11-12-13-14-15-16-17-18-19-20-21-23-25-27-32-28-29-33(30(3)4)31(32)26-24-22-10-8-6-2/h28-31H,5-27H2,1-4H3. The second-order valence-corrected chi connectivity index (χ2v) is 11.1. The second-order valence-electron chi connectivity index (χ2n) is 11.1. The summed E-state index contributed by atoms with van der Waals surface area (Å²) in [5.41, 5.74) is 0. The first-order chi connectivity index (χ1) is 16.2. The highest BCUT2D eigenvalue weighted by Crippen LogP contribution is 2.24. The Hall–Kier alpha value is -0.660. The van der Waals surface area contributed by atoms with E-state index in [4.69, 9.17) is 0 Å². The zero-order valence-electron chi connectivity index (χ0n) is 23.5. The highest BCUT2D eigenvalue weighted by atomic mass is 15.4. The summed E-state index contributed by atoms with van der Waals surface area (Å²) in [7, 11) is 0. The van der Waals surface area contributed by atoms with Crippen molar-refractivity contribution in [3.05, 3.63) is 12.4 Å². The highest BCUT2D eigenvalue weighted by molar-refractivity contribution is 4.98. The molecule has 1 rings (SSSR count). The Morgan fingerprint density at radius 1 is 0.515 bits per heavy atom. The minimum absolute atomic E-state index is 0.609. The van der Waals surface area contributed by atoms with Crippen LogP contribution in [0.3, 0.4) is 0 Å². The zero-order valence-corrected chi connectivity index (χ0v) is 23.5. The predicted octanol–water partition coefficient (Wildman–Crippen LogP) is 10.4. The van der Waals surface area contributed by atoms with Gasteiger partial charge >= 0.3 is 0 Å². The quantitative estimate of drug-likeness (QED) is 0.132. The topological polar surface area (TPSA) is 6.48 Å². The zero-order chi connectivity index (χ0) is 24.0. The van der Waals surface area contributed by atoms with Gasteiger partial charge in [-0.25, -0.2) is 0 Å². The van der Waals surface area contributed by atoms with Crippen molar-refractivity contribution >= 4 is 0 Å². The van der Waals surface area contributed by atoms with Crippen LogP contribution in [0.5, 0.6) is 0 Å². The maximum atomic E-state index is 2.64. The van der Waals surface area contributed by atoms with Gasteiger partial charge in [0.15, 0.2) is 0 Å². The number of rotatable bonds is 24. The number of hydrogen-bond donors (Lipinski definition) is 0. The van der Waals surface area contributed by atoms with E-state index in [1.807, 2.05) is 0 Å². The fraction of sp³-hybridized carbons (Fsp3) is 0.935. The van der Waals surface area contributed by atoms with Gasteiger partial charge < -0.3 is 9.80 Å². The van der Waals surface area contributed by atoms with E-state index >= 15 is 0 Å². The van der Waals surface area contributed by atoms with E-state index in [9.17, 15) is 0 Å². The Morgan fingerprint density at radius 3 is 1.33 bits per heavy atom. The third-order valence-corrected chi connectivity index (χ3v) is 7.59. The molecule has 1 aliphatic heterocycles. The van der Waals surface area contributed by atoms with Crippen molar-refractivity contribution in [2.75, 3.05) is 6.54 Å². The van der Waals surface area contributed by atoms with Gasteiger partial charge in [0.25, 0.3) is 0 Å². The highest BCUT2D eigenvalue weighted by Gasteiger charge is 2.26. The Morgan fingerprint density at radius 2 is 0.909 bits per heavy atom. The van der Waals surface area contributed by atoms with Gasteiger partial charge in [0.1, 0.15) is 6.17 Å². The maximum absolute atomic E-state index is 2.64. The normalized spacial score (nSPS) is 16.0. The van der Waals surface area contributed by atoms with Crippen LogP contribution < -0.4 is 0 Å². The smallest absolute Gasteiger partial charge is 0.101 e. The van der Waals surface area contributed by atoms with Gasteiger partial charge in [-0.05, 0) is 33.1 Å². The van der Waals surface area contributed by atoms with Gasteiger partial charge in [0.2, 0.25) is 0 Å². The molecular formula is C31H62N2. The molecule has 1 unspecified atom stereocenters. The lowest BCUT2D eigenvalue weighted by Gasteiger charge is -2.35. The molecule has 0 saturated heterocycles. The van der Waals surface area contributed by atoms with Crippen LogP contribution in [0, 0.1) is 0 Å². The van der Waals surface area contributed by atoms with Crippen molar-refractivity contribution in [1.82, 2.24) is 9.80 Å². The van der Waals surface area contributed by atoms with Crippen molar-refractivity contribution in [2.45, 2.75) is 181 Å². The summed E-state index contributed by atoms with van der Waals surface area (Å²) < 4.78 is 0. The molecule has 1 heterocycles. The van der Waals surface area contributed by atoms with Gasteiger partial charge in [-0.1, -0.05) is 136 Å². The first-order valence-electron chi connectivity index (χ1n) is 15.4. The molecule has 196 valence electrons. The minimum Gasteiger partial charge on any atom is -0.356 e. The average Bonchev–Trinajstić information content (AvgIpc) is 3.21.